The number of benzene rings is 3. The van der Waals surface area contributed by atoms with Crippen LogP contribution in [0.15, 0.2) is 60.7 Å². The van der Waals surface area contributed by atoms with Crippen molar-refractivity contribution >= 4 is 75.9 Å². The molecule has 3 aromatic rings. The van der Waals surface area contributed by atoms with Gasteiger partial charge in [0.1, 0.15) is 12.3 Å². The normalized spacial score (nSPS) is 22.1. The molecule has 1 saturated heterocycles. The zero-order valence-corrected chi connectivity index (χ0v) is 25.3. The van der Waals surface area contributed by atoms with Crippen molar-refractivity contribution in [3.63, 3.8) is 0 Å². The highest BCUT2D eigenvalue weighted by molar-refractivity contribution is 6.42. The molecule has 0 unspecified atom stereocenters. The van der Waals surface area contributed by atoms with Gasteiger partial charge in [0, 0.05) is 16.1 Å². The number of esters is 1. The Hall–Kier alpha value is -3.43. The first kappa shape index (κ1) is 29.6. The number of hydrogen-bond donors (Lipinski definition) is 0. The van der Waals surface area contributed by atoms with Crippen molar-refractivity contribution in [2.45, 2.75) is 19.3 Å². The first-order chi connectivity index (χ1) is 20.5. The predicted octanol–water partition coefficient (Wildman–Crippen LogP) is 6.79. The molecule has 2 aliphatic carbocycles. The maximum Gasteiger partial charge on any atom is 0.345 e. The van der Waals surface area contributed by atoms with Gasteiger partial charge in [-0.05, 0) is 91.8 Å². The van der Waals surface area contributed by atoms with Crippen LogP contribution in [0.25, 0.3) is 0 Å². The van der Waals surface area contributed by atoms with E-state index in [0.717, 1.165) is 29.3 Å². The second-order valence-corrected chi connectivity index (χ2v) is 12.5. The molecule has 3 aliphatic rings. The van der Waals surface area contributed by atoms with Crippen LogP contribution in [0.1, 0.15) is 50.3 Å². The summed E-state index contributed by atoms with van der Waals surface area (Å²) in [4.78, 5) is 67.0. The van der Waals surface area contributed by atoms with Gasteiger partial charge in [0.2, 0.25) is 0 Å². The average Bonchev–Trinajstić information content (AvgIpc) is 3.66. The maximum absolute atomic E-state index is 13.8. The molecular formula is C31H22Cl4N2O6. The van der Waals surface area contributed by atoms with Crippen molar-refractivity contribution in [1.29, 1.82) is 0 Å². The largest absolute Gasteiger partial charge is 0.423 e. The third-order valence-corrected chi connectivity index (χ3v) is 9.66. The predicted molar refractivity (Wildman–Crippen MR) is 159 cm³/mol. The number of ether oxygens (including phenoxy) is 1. The Morgan fingerprint density at radius 3 is 2.00 bits per heavy atom. The van der Waals surface area contributed by atoms with Crippen molar-refractivity contribution in [2.24, 2.45) is 23.7 Å². The molecule has 6 rings (SSSR count). The second kappa shape index (κ2) is 11.6. The van der Waals surface area contributed by atoms with Gasteiger partial charge in [-0.1, -0.05) is 46.4 Å². The molecular weight excluding hydrogens is 638 g/mol. The number of imide groups is 1. The smallest absolute Gasteiger partial charge is 0.345 e. The lowest BCUT2D eigenvalue weighted by Crippen LogP contribution is -2.52. The van der Waals surface area contributed by atoms with Gasteiger partial charge in [-0.15, -0.1) is 0 Å². The van der Waals surface area contributed by atoms with Crippen LogP contribution in [0, 0.1) is 23.7 Å². The number of Topliss-reactive ketones (excluding diaryl/α,β-unsaturated/α-hetero) is 1. The Kier molecular flexibility index (Phi) is 7.98. The molecule has 8 nitrogen and oxygen atoms in total. The molecule has 2 bridgehead atoms. The van der Waals surface area contributed by atoms with Gasteiger partial charge in [-0.25, -0.2) is 9.80 Å². The Bertz CT molecular complexity index is 1670. The molecule has 0 aromatic heterocycles. The van der Waals surface area contributed by atoms with Gasteiger partial charge in [-0.3, -0.25) is 19.2 Å². The molecule has 1 aliphatic heterocycles. The second-order valence-electron chi connectivity index (χ2n) is 10.8. The lowest BCUT2D eigenvalue weighted by molar-refractivity contribution is -0.155. The number of ketones is 1. The minimum absolute atomic E-state index is 0.0611. The van der Waals surface area contributed by atoms with Gasteiger partial charge in [0.05, 0.1) is 32.5 Å². The van der Waals surface area contributed by atoms with E-state index in [1.54, 1.807) is 0 Å². The van der Waals surface area contributed by atoms with Crippen LogP contribution in [0.4, 0.5) is 0 Å². The van der Waals surface area contributed by atoms with Gasteiger partial charge < -0.3 is 4.74 Å². The number of halogens is 4. The van der Waals surface area contributed by atoms with Crippen molar-refractivity contribution in [3.05, 3.63) is 97.4 Å². The Morgan fingerprint density at radius 2 is 1.40 bits per heavy atom. The molecule has 0 radical (unpaired) electrons. The highest BCUT2D eigenvalue weighted by Gasteiger charge is 2.62. The van der Waals surface area contributed by atoms with E-state index in [-0.39, 0.29) is 49.3 Å². The molecule has 3 aromatic carbocycles. The number of carbonyl (C=O) groups is 5. The summed E-state index contributed by atoms with van der Waals surface area (Å²) >= 11 is 24.1. The summed E-state index contributed by atoms with van der Waals surface area (Å²) < 4.78 is 5.37. The van der Waals surface area contributed by atoms with Crippen LogP contribution < -0.4 is 4.74 Å². The van der Waals surface area contributed by atoms with E-state index in [2.05, 4.69) is 0 Å². The topological polar surface area (TPSA) is 101 Å². The van der Waals surface area contributed by atoms with Crippen molar-refractivity contribution in [1.82, 2.24) is 10.0 Å². The molecule has 43 heavy (non-hydrogen) atoms. The number of amides is 3. The highest BCUT2D eigenvalue weighted by atomic mass is 35.5. The van der Waals surface area contributed by atoms with Crippen molar-refractivity contribution in [2.75, 3.05) is 6.54 Å². The number of hydrazine groups is 1. The third kappa shape index (κ3) is 5.42. The molecule has 1 heterocycles. The zero-order chi connectivity index (χ0) is 30.6. The molecule has 220 valence electrons. The first-order valence-electron chi connectivity index (χ1n) is 13.5. The summed E-state index contributed by atoms with van der Waals surface area (Å²) in [6.45, 7) is -0.592. The van der Waals surface area contributed by atoms with E-state index in [9.17, 15) is 24.0 Å². The lowest BCUT2D eigenvalue weighted by Gasteiger charge is -2.31. The number of fused-ring (bicyclic) bond motifs is 5. The fourth-order valence-electron chi connectivity index (χ4n) is 6.40. The first-order valence-corrected chi connectivity index (χ1v) is 15.0. The molecule has 0 spiro atoms. The summed E-state index contributed by atoms with van der Waals surface area (Å²) in [7, 11) is 0. The SMILES string of the molecule is O=C(CN(C(=O)c1ccc(Cl)c(Cl)c1)N1C(=O)[C@H]2[C@H]3CC[C@@H](C3)[C@@H]2C1=O)c1ccc(OC(=O)c2ccc(Cl)cc2Cl)cc1. The standard InChI is InChI=1S/C31H22Cl4N2O6/c32-19-6-9-21(23(34)13-19)31(42)43-20-7-3-15(4-8-20)25(38)14-36(28(39)18-5-10-22(33)24(35)12-18)37-29(40)26-16-1-2-17(11-16)27(26)30(37)41/h3-10,12-13,16-17,26-27H,1-2,11,14H2/t16-,17-,26-,27-/m0/s1. The molecule has 3 amide bonds. The molecule has 2 saturated carbocycles. The third-order valence-electron chi connectivity index (χ3n) is 8.38. The van der Waals surface area contributed by atoms with E-state index in [1.165, 1.54) is 60.7 Å². The average molecular weight is 660 g/mol. The van der Waals surface area contributed by atoms with E-state index < -0.39 is 47.9 Å². The summed E-state index contributed by atoms with van der Waals surface area (Å²) in [5, 5.41) is 2.58. The minimum Gasteiger partial charge on any atom is -0.423 e. The van der Waals surface area contributed by atoms with E-state index >= 15 is 0 Å². The Labute approximate surface area is 266 Å². The Morgan fingerprint density at radius 1 is 0.767 bits per heavy atom. The van der Waals surface area contributed by atoms with Gasteiger partial charge in [0.25, 0.3) is 17.7 Å². The van der Waals surface area contributed by atoms with Crippen LogP contribution in [-0.4, -0.2) is 46.0 Å². The van der Waals surface area contributed by atoms with Crippen LogP contribution in [0.2, 0.25) is 20.1 Å². The van der Waals surface area contributed by atoms with Gasteiger partial charge >= 0.3 is 5.97 Å². The number of hydrogen-bond acceptors (Lipinski definition) is 6. The van der Waals surface area contributed by atoms with Gasteiger partial charge in [0.15, 0.2) is 5.78 Å². The summed E-state index contributed by atoms with van der Waals surface area (Å²) in [5.74, 6) is -3.60. The van der Waals surface area contributed by atoms with Crippen LogP contribution in [-0.2, 0) is 9.59 Å². The summed E-state index contributed by atoms with van der Waals surface area (Å²) in [6.07, 6.45) is 2.54. The Balaban J connectivity index is 1.24. The van der Waals surface area contributed by atoms with E-state index in [0.29, 0.717) is 5.02 Å². The molecule has 0 N–H and O–H groups in total. The molecule has 12 heteroatoms. The summed E-state index contributed by atoms with van der Waals surface area (Å²) in [5.41, 5.74) is 0.336. The molecule has 4 atom stereocenters. The quantitative estimate of drug-likeness (QED) is 0.120. The van der Waals surface area contributed by atoms with Gasteiger partial charge in [-0.2, -0.15) is 5.01 Å². The van der Waals surface area contributed by atoms with E-state index in [1.807, 2.05) is 0 Å². The van der Waals surface area contributed by atoms with Crippen molar-refractivity contribution in [3.8, 4) is 5.75 Å². The van der Waals surface area contributed by atoms with E-state index in [4.69, 9.17) is 51.1 Å². The van der Waals surface area contributed by atoms with Crippen LogP contribution in [0.5, 0.6) is 5.75 Å². The van der Waals surface area contributed by atoms with Crippen molar-refractivity contribution < 1.29 is 28.7 Å². The number of carbonyl (C=O) groups excluding carboxylic acids is 5. The fraction of sp³-hybridized carbons (Fsp3) is 0.258. The lowest BCUT2D eigenvalue weighted by atomic mass is 9.81. The number of rotatable bonds is 7. The summed E-state index contributed by atoms with van der Waals surface area (Å²) in [6, 6.07) is 14.2. The molecule has 3 fully saturated rings. The number of nitrogens with zero attached hydrogens (tertiary/aromatic N) is 2. The monoisotopic (exact) mass is 658 g/mol. The maximum atomic E-state index is 13.8. The van der Waals surface area contributed by atoms with Crippen LogP contribution >= 0.6 is 46.4 Å². The van der Waals surface area contributed by atoms with Crippen LogP contribution in [0.3, 0.4) is 0 Å². The zero-order valence-electron chi connectivity index (χ0n) is 22.3. The highest BCUT2D eigenvalue weighted by Crippen LogP contribution is 2.56. The fourth-order valence-corrected chi connectivity index (χ4v) is 7.18. The minimum atomic E-state index is -0.744.